The third-order valence-electron chi connectivity index (χ3n) is 5.65. The lowest BCUT2D eigenvalue weighted by Crippen LogP contribution is -2.24. The number of anilines is 1. The standard InChI is InChI=1S/C23H27N5O3/c1-14-5-6-17(26-15(14)2)11-24-21-10-22(27-28(3)23(21)29)31-13-16-9-19(16)20-8-7-18(30-4)12-25-20/h5-8,10,12,16,19,24H,9,11,13H2,1-4H3. The van der Waals surface area contributed by atoms with Crippen molar-refractivity contribution in [3.8, 4) is 11.6 Å². The van der Waals surface area contributed by atoms with E-state index in [0.717, 1.165) is 34.8 Å². The van der Waals surface area contributed by atoms with Crippen LogP contribution in [0.2, 0.25) is 0 Å². The molecule has 8 nitrogen and oxygen atoms in total. The Labute approximate surface area is 181 Å². The van der Waals surface area contributed by atoms with Crippen LogP contribution in [0.5, 0.6) is 11.6 Å². The lowest BCUT2D eigenvalue weighted by atomic mass is 10.2. The summed E-state index contributed by atoms with van der Waals surface area (Å²) in [5.74, 6) is 1.94. The van der Waals surface area contributed by atoms with E-state index < -0.39 is 0 Å². The van der Waals surface area contributed by atoms with E-state index >= 15 is 0 Å². The third-order valence-corrected chi connectivity index (χ3v) is 5.65. The Morgan fingerprint density at radius 3 is 2.77 bits per heavy atom. The molecule has 2 atom stereocenters. The number of rotatable bonds is 8. The van der Waals surface area contributed by atoms with Gasteiger partial charge < -0.3 is 14.8 Å². The van der Waals surface area contributed by atoms with Crippen LogP contribution in [0.3, 0.4) is 0 Å². The Morgan fingerprint density at radius 1 is 1.23 bits per heavy atom. The highest BCUT2D eigenvalue weighted by atomic mass is 16.5. The normalized spacial score (nSPS) is 17.3. The van der Waals surface area contributed by atoms with Gasteiger partial charge in [0.15, 0.2) is 0 Å². The summed E-state index contributed by atoms with van der Waals surface area (Å²) in [6.07, 6.45) is 2.76. The van der Waals surface area contributed by atoms with Gasteiger partial charge in [-0.1, -0.05) is 6.07 Å². The Kier molecular flexibility index (Phi) is 5.88. The highest BCUT2D eigenvalue weighted by molar-refractivity contribution is 5.43. The number of methoxy groups -OCH3 is 1. The molecular formula is C23H27N5O3. The van der Waals surface area contributed by atoms with Crippen LogP contribution in [0, 0.1) is 19.8 Å². The Bertz CT molecular complexity index is 1130. The second kappa shape index (κ2) is 8.75. The smallest absolute Gasteiger partial charge is 0.290 e. The minimum atomic E-state index is -0.206. The largest absolute Gasteiger partial charge is 0.495 e. The molecular weight excluding hydrogens is 394 g/mol. The molecule has 1 fully saturated rings. The van der Waals surface area contributed by atoms with Gasteiger partial charge in [-0.2, -0.15) is 0 Å². The summed E-state index contributed by atoms with van der Waals surface area (Å²) in [5.41, 5.74) is 4.28. The van der Waals surface area contributed by atoms with Crippen molar-refractivity contribution in [1.29, 1.82) is 0 Å². The van der Waals surface area contributed by atoms with Crippen LogP contribution in [0.4, 0.5) is 5.69 Å². The first-order valence-corrected chi connectivity index (χ1v) is 10.3. The quantitative estimate of drug-likeness (QED) is 0.598. The molecule has 0 amide bonds. The average molecular weight is 422 g/mol. The van der Waals surface area contributed by atoms with E-state index in [4.69, 9.17) is 9.47 Å². The van der Waals surface area contributed by atoms with Gasteiger partial charge >= 0.3 is 0 Å². The summed E-state index contributed by atoms with van der Waals surface area (Å²) in [7, 11) is 3.25. The number of hydrogen-bond donors (Lipinski definition) is 1. The van der Waals surface area contributed by atoms with Crippen molar-refractivity contribution in [1.82, 2.24) is 19.7 Å². The summed E-state index contributed by atoms with van der Waals surface area (Å²) in [6.45, 7) is 4.98. The van der Waals surface area contributed by atoms with Crippen LogP contribution in [0.15, 0.2) is 41.3 Å². The fourth-order valence-electron chi connectivity index (χ4n) is 3.46. The summed E-state index contributed by atoms with van der Waals surface area (Å²) in [4.78, 5) is 21.5. The zero-order valence-electron chi connectivity index (χ0n) is 18.3. The molecule has 0 radical (unpaired) electrons. The Balaban J connectivity index is 1.37. The Hall–Kier alpha value is -3.42. The number of ether oxygens (including phenoxy) is 2. The van der Waals surface area contributed by atoms with Crippen molar-refractivity contribution in [2.75, 3.05) is 19.0 Å². The van der Waals surface area contributed by atoms with Gasteiger partial charge in [-0.15, -0.1) is 5.10 Å². The highest BCUT2D eigenvalue weighted by Gasteiger charge is 2.40. The van der Waals surface area contributed by atoms with Crippen LogP contribution in [-0.4, -0.2) is 33.5 Å². The first-order chi connectivity index (χ1) is 14.9. The molecule has 0 saturated heterocycles. The number of hydrogen-bond acceptors (Lipinski definition) is 7. The van der Waals surface area contributed by atoms with Crippen molar-refractivity contribution in [2.24, 2.45) is 13.0 Å². The van der Waals surface area contributed by atoms with Gasteiger partial charge in [0.2, 0.25) is 5.88 Å². The van der Waals surface area contributed by atoms with Crippen molar-refractivity contribution in [3.05, 3.63) is 69.5 Å². The second-order valence-electron chi connectivity index (χ2n) is 7.92. The van der Waals surface area contributed by atoms with E-state index in [1.165, 1.54) is 4.68 Å². The average Bonchev–Trinajstić information content (AvgIpc) is 3.55. The zero-order valence-corrected chi connectivity index (χ0v) is 18.3. The minimum absolute atomic E-state index is 0.206. The number of aromatic nitrogens is 4. The molecule has 31 heavy (non-hydrogen) atoms. The third kappa shape index (κ3) is 4.84. The van der Waals surface area contributed by atoms with Gasteiger partial charge in [0.05, 0.1) is 32.2 Å². The van der Waals surface area contributed by atoms with E-state index in [-0.39, 0.29) is 5.56 Å². The number of aryl methyl sites for hydroxylation is 3. The zero-order chi connectivity index (χ0) is 22.0. The lowest BCUT2D eigenvalue weighted by molar-refractivity contribution is 0.278. The fourth-order valence-corrected chi connectivity index (χ4v) is 3.46. The molecule has 8 heteroatoms. The molecule has 3 heterocycles. The maximum Gasteiger partial charge on any atom is 0.290 e. The topological polar surface area (TPSA) is 91.2 Å². The van der Waals surface area contributed by atoms with Crippen LogP contribution in [0.1, 0.15) is 35.0 Å². The molecule has 4 rings (SSSR count). The molecule has 0 bridgehead atoms. The summed E-state index contributed by atoms with van der Waals surface area (Å²) in [6, 6.07) is 9.57. The van der Waals surface area contributed by atoms with Gasteiger partial charge in [0.25, 0.3) is 5.56 Å². The predicted molar refractivity (Wildman–Crippen MR) is 118 cm³/mol. The summed E-state index contributed by atoms with van der Waals surface area (Å²) in [5, 5.41) is 7.40. The molecule has 0 aromatic carbocycles. The van der Waals surface area contributed by atoms with Crippen molar-refractivity contribution in [2.45, 2.75) is 32.7 Å². The van der Waals surface area contributed by atoms with Crippen molar-refractivity contribution >= 4 is 5.69 Å². The van der Waals surface area contributed by atoms with Gasteiger partial charge in [-0.3, -0.25) is 14.8 Å². The molecule has 1 saturated carbocycles. The highest BCUT2D eigenvalue weighted by Crippen LogP contribution is 2.46. The molecule has 162 valence electrons. The van der Waals surface area contributed by atoms with E-state index in [2.05, 4.69) is 20.4 Å². The van der Waals surface area contributed by atoms with Crippen LogP contribution in [-0.2, 0) is 13.6 Å². The van der Waals surface area contributed by atoms with Crippen LogP contribution >= 0.6 is 0 Å². The predicted octanol–water partition coefficient (Wildman–Crippen LogP) is 2.99. The molecule has 1 aliphatic carbocycles. The number of nitrogens with one attached hydrogen (secondary N) is 1. The van der Waals surface area contributed by atoms with Gasteiger partial charge in [-0.05, 0) is 44.0 Å². The first kappa shape index (κ1) is 20.8. The molecule has 3 aromatic heterocycles. The summed E-state index contributed by atoms with van der Waals surface area (Å²) >= 11 is 0. The van der Waals surface area contributed by atoms with Crippen molar-refractivity contribution < 1.29 is 9.47 Å². The number of pyridine rings is 2. The molecule has 0 aliphatic heterocycles. The van der Waals surface area contributed by atoms with Gasteiger partial charge in [0, 0.05) is 36.3 Å². The van der Waals surface area contributed by atoms with E-state index in [0.29, 0.717) is 36.6 Å². The minimum Gasteiger partial charge on any atom is -0.495 e. The first-order valence-electron chi connectivity index (χ1n) is 10.3. The lowest BCUT2D eigenvalue weighted by Gasteiger charge is -2.11. The fraction of sp³-hybridized carbons (Fsp3) is 0.391. The SMILES string of the molecule is COc1ccc(C2CC2COc2cc(NCc3ccc(C)c(C)n3)c(=O)n(C)n2)nc1. The van der Waals surface area contributed by atoms with Crippen LogP contribution in [0.25, 0.3) is 0 Å². The second-order valence-corrected chi connectivity index (χ2v) is 7.92. The van der Waals surface area contributed by atoms with E-state index in [9.17, 15) is 4.79 Å². The maximum atomic E-state index is 12.4. The van der Waals surface area contributed by atoms with E-state index in [1.54, 1.807) is 26.4 Å². The maximum absolute atomic E-state index is 12.4. The van der Waals surface area contributed by atoms with Gasteiger partial charge in [0.1, 0.15) is 11.4 Å². The monoisotopic (exact) mass is 421 g/mol. The Morgan fingerprint density at radius 2 is 2.06 bits per heavy atom. The summed E-state index contributed by atoms with van der Waals surface area (Å²) < 4.78 is 12.4. The molecule has 0 spiro atoms. The molecule has 3 aromatic rings. The molecule has 1 N–H and O–H groups in total. The molecule has 2 unspecified atom stereocenters. The van der Waals surface area contributed by atoms with Crippen LogP contribution < -0.4 is 20.3 Å². The number of nitrogens with zero attached hydrogens (tertiary/aromatic N) is 4. The van der Waals surface area contributed by atoms with E-state index in [1.807, 2.05) is 38.1 Å². The molecule has 1 aliphatic rings. The van der Waals surface area contributed by atoms with Crippen molar-refractivity contribution in [3.63, 3.8) is 0 Å². The van der Waals surface area contributed by atoms with Gasteiger partial charge in [-0.25, -0.2) is 4.68 Å².